The van der Waals surface area contributed by atoms with Crippen LogP contribution in [0.15, 0.2) is 42.5 Å². The summed E-state index contributed by atoms with van der Waals surface area (Å²) in [7, 11) is 0. The molecule has 1 saturated carbocycles. The van der Waals surface area contributed by atoms with Crippen LogP contribution in [-0.4, -0.2) is 0 Å². The molecule has 0 saturated heterocycles. The summed E-state index contributed by atoms with van der Waals surface area (Å²) in [6, 6.07) is 6.96. The van der Waals surface area contributed by atoms with Gasteiger partial charge in [0.1, 0.15) is 5.82 Å². The molecule has 1 unspecified atom stereocenters. The molecule has 2 aromatic rings. The zero-order valence-electron chi connectivity index (χ0n) is 17.4. The predicted molar refractivity (Wildman–Crippen MR) is 115 cm³/mol. The zero-order chi connectivity index (χ0) is 21.1. The molecule has 0 aromatic heterocycles. The minimum absolute atomic E-state index is 0.323. The molecule has 30 heavy (non-hydrogen) atoms. The lowest BCUT2D eigenvalue weighted by Crippen LogP contribution is -2.26. The molecule has 1 fully saturated rings. The van der Waals surface area contributed by atoms with Gasteiger partial charge in [0.05, 0.1) is 5.56 Å². The molecule has 2 aliphatic rings. The van der Waals surface area contributed by atoms with Crippen molar-refractivity contribution < 1.29 is 13.2 Å². The maximum absolute atomic E-state index is 14.7. The van der Waals surface area contributed by atoms with Crippen LogP contribution < -0.4 is 0 Å². The first kappa shape index (κ1) is 20.8. The summed E-state index contributed by atoms with van der Waals surface area (Å²) in [4.78, 5) is 0. The number of aryl methyl sites for hydroxylation is 1. The quantitative estimate of drug-likeness (QED) is 0.371. The van der Waals surface area contributed by atoms with Crippen molar-refractivity contribution in [3.05, 3.63) is 82.2 Å². The Labute approximate surface area is 177 Å². The molecule has 1 atom stereocenters. The number of halogens is 3. The Kier molecular flexibility index (Phi) is 6.32. The Morgan fingerprint density at radius 1 is 0.800 bits per heavy atom. The third kappa shape index (κ3) is 4.64. The standard InChI is InChI=1S/C27H27F3/c1-2-3-18-4-8-20(9-5-18)21-11-12-22-15-23(26(29)17-24(22)16-21)10-6-19-7-13-25(28)27(30)14-19/h2-3,7,13-15,17-18,20-21H,4-5,8-9,11-12,16H2,1H3/b3-2+. The largest absolute Gasteiger partial charge is 0.206 e. The minimum Gasteiger partial charge on any atom is -0.206 e. The van der Waals surface area contributed by atoms with Gasteiger partial charge in [0, 0.05) is 5.56 Å². The highest BCUT2D eigenvalue weighted by Crippen LogP contribution is 2.40. The molecular formula is C27H27F3. The number of hydrogen-bond acceptors (Lipinski definition) is 0. The Morgan fingerprint density at radius 3 is 2.33 bits per heavy atom. The Bertz CT molecular complexity index is 1000. The van der Waals surface area contributed by atoms with E-state index in [4.69, 9.17) is 0 Å². The van der Waals surface area contributed by atoms with Crippen molar-refractivity contribution in [3.63, 3.8) is 0 Å². The Morgan fingerprint density at radius 2 is 1.60 bits per heavy atom. The molecule has 0 aliphatic heterocycles. The summed E-state index contributed by atoms with van der Waals surface area (Å²) >= 11 is 0. The van der Waals surface area contributed by atoms with E-state index in [0.29, 0.717) is 17.0 Å². The summed E-state index contributed by atoms with van der Waals surface area (Å²) in [6.45, 7) is 2.09. The number of fused-ring (bicyclic) bond motifs is 1. The van der Waals surface area contributed by atoms with Gasteiger partial charge in [-0.25, -0.2) is 13.2 Å². The monoisotopic (exact) mass is 408 g/mol. The Balaban J connectivity index is 1.46. The second-order valence-electron chi connectivity index (χ2n) is 8.68. The molecule has 2 aliphatic carbocycles. The molecule has 0 nitrogen and oxygen atoms in total. The van der Waals surface area contributed by atoms with E-state index in [1.807, 2.05) is 6.07 Å². The number of allylic oxidation sites excluding steroid dienone is 2. The molecule has 2 aromatic carbocycles. The van der Waals surface area contributed by atoms with Crippen LogP contribution in [0.5, 0.6) is 0 Å². The third-order valence-electron chi connectivity index (χ3n) is 6.76. The number of rotatable bonds is 2. The summed E-state index contributed by atoms with van der Waals surface area (Å²) in [5.74, 6) is 5.48. The first-order valence-electron chi connectivity index (χ1n) is 10.9. The summed E-state index contributed by atoms with van der Waals surface area (Å²) in [6.07, 6.45) is 12.6. The molecular weight excluding hydrogens is 381 g/mol. The fraction of sp³-hybridized carbons (Fsp3) is 0.407. The molecule has 0 N–H and O–H groups in total. The lowest BCUT2D eigenvalue weighted by molar-refractivity contribution is 0.206. The second kappa shape index (κ2) is 9.13. The van der Waals surface area contributed by atoms with E-state index in [-0.39, 0.29) is 5.82 Å². The van der Waals surface area contributed by atoms with Gasteiger partial charge in [0.25, 0.3) is 0 Å². The third-order valence-corrected chi connectivity index (χ3v) is 6.76. The summed E-state index contributed by atoms with van der Waals surface area (Å²) in [5.41, 5.74) is 2.94. The van der Waals surface area contributed by atoms with Crippen LogP contribution in [0.25, 0.3) is 0 Å². The van der Waals surface area contributed by atoms with Crippen molar-refractivity contribution in [1.82, 2.24) is 0 Å². The van der Waals surface area contributed by atoms with Gasteiger partial charge >= 0.3 is 0 Å². The van der Waals surface area contributed by atoms with Crippen molar-refractivity contribution in [1.29, 1.82) is 0 Å². The van der Waals surface area contributed by atoms with Gasteiger partial charge < -0.3 is 0 Å². The fourth-order valence-corrected chi connectivity index (χ4v) is 5.10. The normalized spacial score (nSPS) is 23.7. The van der Waals surface area contributed by atoms with E-state index in [9.17, 15) is 13.2 Å². The van der Waals surface area contributed by atoms with Crippen molar-refractivity contribution in [3.8, 4) is 11.8 Å². The second-order valence-corrected chi connectivity index (χ2v) is 8.68. The maximum atomic E-state index is 14.7. The predicted octanol–water partition coefficient (Wildman–Crippen LogP) is 6.99. The smallest absolute Gasteiger partial charge is 0.160 e. The number of benzene rings is 2. The maximum Gasteiger partial charge on any atom is 0.160 e. The highest BCUT2D eigenvalue weighted by atomic mass is 19.2. The van der Waals surface area contributed by atoms with E-state index in [0.717, 1.165) is 48.8 Å². The highest BCUT2D eigenvalue weighted by molar-refractivity contribution is 5.47. The van der Waals surface area contributed by atoms with Gasteiger partial charge in [-0.15, -0.1) is 0 Å². The fourth-order valence-electron chi connectivity index (χ4n) is 5.10. The summed E-state index contributed by atoms with van der Waals surface area (Å²) in [5, 5.41) is 0. The van der Waals surface area contributed by atoms with E-state index < -0.39 is 11.6 Å². The topological polar surface area (TPSA) is 0 Å². The zero-order valence-corrected chi connectivity index (χ0v) is 17.4. The SMILES string of the molecule is C/C=C/C1CCC(C2CCc3cc(C#Cc4ccc(F)c(F)c4)c(F)cc3C2)CC1. The van der Waals surface area contributed by atoms with E-state index >= 15 is 0 Å². The molecule has 0 amide bonds. The van der Waals surface area contributed by atoms with Gasteiger partial charge in [0.2, 0.25) is 0 Å². The summed E-state index contributed by atoms with van der Waals surface area (Å²) < 4.78 is 41.1. The van der Waals surface area contributed by atoms with E-state index in [1.165, 1.54) is 37.3 Å². The van der Waals surface area contributed by atoms with Gasteiger partial charge in [-0.3, -0.25) is 0 Å². The van der Waals surface area contributed by atoms with Gasteiger partial charge in [-0.1, -0.05) is 24.0 Å². The van der Waals surface area contributed by atoms with Gasteiger partial charge in [0.15, 0.2) is 11.6 Å². The number of hydrogen-bond donors (Lipinski definition) is 0. The van der Waals surface area contributed by atoms with Crippen LogP contribution in [0.4, 0.5) is 13.2 Å². The van der Waals surface area contributed by atoms with Crippen LogP contribution in [0.1, 0.15) is 61.3 Å². The average Bonchev–Trinajstić information content (AvgIpc) is 2.75. The Hall–Kier alpha value is -2.47. The first-order valence-corrected chi connectivity index (χ1v) is 10.9. The van der Waals surface area contributed by atoms with E-state index in [1.54, 1.807) is 6.07 Å². The molecule has 0 radical (unpaired) electrons. The molecule has 3 heteroatoms. The van der Waals surface area contributed by atoms with Crippen LogP contribution in [0.2, 0.25) is 0 Å². The molecule has 0 bridgehead atoms. The van der Waals surface area contributed by atoms with Crippen molar-refractivity contribution in [2.24, 2.45) is 17.8 Å². The molecule has 156 valence electrons. The van der Waals surface area contributed by atoms with Crippen molar-refractivity contribution in [2.45, 2.75) is 51.9 Å². The molecule has 4 rings (SSSR count). The van der Waals surface area contributed by atoms with Gasteiger partial charge in [-0.05, 0) is 111 Å². The van der Waals surface area contributed by atoms with Gasteiger partial charge in [-0.2, -0.15) is 0 Å². The lowest BCUT2D eigenvalue weighted by atomic mass is 9.69. The van der Waals surface area contributed by atoms with Crippen LogP contribution in [-0.2, 0) is 12.8 Å². The average molecular weight is 409 g/mol. The minimum atomic E-state index is -0.946. The van der Waals surface area contributed by atoms with E-state index in [2.05, 4.69) is 30.9 Å². The molecule has 0 spiro atoms. The van der Waals surface area contributed by atoms with Crippen LogP contribution in [0, 0.1) is 47.0 Å². The van der Waals surface area contributed by atoms with Crippen LogP contribution >= 0.6 is 0 Å². The van der Waals surface area contributed by atoms with Crippen LogP contribution in [0.3, 0.4) is 0 Å². The highest BCUT2D eigenvalue weighted by Gasteiger charge is 2.30. The molecule has 0 heterocycles. The lowest BCUT2D eigenvalue weighted by Gasteiger charge is -2.36. The van der Waals surface area contributed by atoms with Crippen molar-refractivity contribution >= 4 is 0 Å². The first-order chi connectivity index (χ1) is 14.5. The van der Waals surface area contributed by atoms with Crippen molar-refractivity contribution in [2.75, 3.05) is 0 Å².